The van der Waals surface area contributed by atoms with Crippen LogP contribution in [0, 0.1) is 0 Å². The normalized spacial score (nSPS) is 25.8. The summed E-state index contributed by atoms with van der Waals surface area (Å²) in [7, 11) is -3.57. The van der Waals surface area contributed by atoms with E-state index in [0.29, 0.717) is 36.6 Å². The highest BCUT2D eigenvalue weighted by Crippen LogP contribution is 2.37. The van der Waals surface area contributed by atoms with Crippen LogP contribution in [0.15, 0.2) is 21.5 Å². The zero-order chi connectivity index (χ0) is 22.0. The number of alkyl halides is 1. The number of ether oxygens (including phenoxy) is 1. The number of likely N-dealkylation sites (tertiary alicyclic amines) is 1. The molecule has 1 aromatic heterocycles. The Hall–Kier alpha value is -2.30. The van der Waals surface area contributed by atoms with E-state index in [2.05, 4.69) is 14.4 Å². The minimum atomic E-state index is -3.57. The van der Waals surface area contributed by atoms with Gasteiger partial charge < -0.3 is 4.74 Å². The van der Waals surface area contributed by atoms with Crippen LogP contribution >= 0.6 is 0 Å². The molecule has 0 spiro atoms. The highest BCUT2D eigenvalue weighted by Gasteiger charge is 2.34. The lowest BCUT2D eigenvalue weighted by Gasteiger charge is -2.40. The van der Waals surface area contributed by atoms with E-state index in [1.807, 2.05) is 6.07 Å². The summed E-state index contributed by atoms with van der Waals surface area (Å²) in [6.45, 7) is 3.16. The van der Waals surface area contributed by atoms with Gasteiger partial charge in [0.15, 0.2) is 0 Å². The minimum Gasteiger partial charge on any atom is -0.475 e. The van der Waals surface area contributed by atoms with Gasteiger partial charge in [-0.05, 0) is 61.0 Å². The van der Waals surface area contributed by atoms with Crippen molar-refractivity contribution in [3.8, 4) is 5.88 Å². The average molecular weight is 460 g/mol. The van der Waals surface area contributed by atoms with Gasteiger partial charge >= 0.3 is 0 Å². The second-order valence-electron chi connectivity index (χ2n) is 9.20. The number of fused-ring (bicyclic) bond motifs is 3. The molecule has 32 heavy (non-hydrogen) atoms. The summed E-state index contributed by atoms with van der Waals surface area (Å²) in [5, 5.41) is 10.4. The number of rotatable bonds is 3. The van der Waals surface area contributed by atoms with Gasteiger partial charge in [-0.15, -0.1) is 4.36 Å². The van der Waals surface area contributed by atoms with Gasteiger partial charge in [-0.3, -0.25) is 9.69 Å². The summed E-state index contributed by atoms with van der Waals surface area (Å²) >= 11 is 0. The van der Waals surface area contributed by atoms with Crippen molar-refractivity contribution in [2.45, 2.75) is 62.2 Å². The smallest absolute Gasteiger partial charge is 0.286 e. The third kappa shape index (κ3) is 3.19. The Morgan fingerprint density at radius 3 is 2.84 bits per heavy atom. The number of benzene rings is 1. The molecule has 4 aliphatic rings. The molecule has 0 bridgehead atoms. The maximum Gasteiger partial charge on any atom is 0.286 e. The molecule has 8 nitrogen and oxygen atoms in total. The number of aromatic nitrogens is 2. The van der Waals surface area contributed by atoms with E-state index < -0.39 is 22.0 Å². The largest absolute Gasteiger partial charge is 0.475 e. The van der Waals surface area contributed by atoms with Gasteiger partial charge in [-0.25, -0.2) is 18.4 Å². The monoisotopic (exact) mass is 459 g/mol. The van der Waals surface area contributed by atoms with Crippen LogP contribution in [0.25, 0.3) is 0 Å². The van der Waals surface area contributed by atoms with Crippen molar-refractivity contribution in [2.75, 3.05) is 19.7 Å². The van der Waals surface area contributed by atoms with Crippen molar-refractivity contribution in [2.24, 2.45) is 9.50 Å². The van der Waals surface area contributed by atoms with Gasteiger partial charge in [0.05, 0.1) is 18.8 Å². The summed E-state index contributed by atoms with van der Waals surface area (Å²) in [6, 6.07) is 2.25. The van der Waals surface area contributed by atoms with E-state index >= 15 is 0 Å². The molecule has 2 aliphatic heterocycles. The van der Waals surface area contributed by atoms with E-state index in [1.165, 1.54) is 12.6 Å². The number of hydrogen-bond acceptors (Lipinski definition) is 5. The van der Waals surface area contributed by atoms with E-state index in [-0.39, 0.29) is 17.4 Å². The number of nitrogens with two attached hydrogens (primary N) is 1. The molecule has 1 unspecified atom stereocenters. The molecule has 2 aromatic rings. The molecule has 1 fully saturated rings. The Bertz CT molecular complexity index is 1240. The van der Waals surface area contributed by atoms with Gasteiger partial charge in [-0.1, -0.05) is 6.07 Å². The number of aryl methyl sites for hydroxylation is 1. The predicted octanol–water partition coefficient (Wildman–Crippen LogP) is 1.82. The molecule has 170 valence electrons. The zero-order valence-electron chi connectivity index (χ0n) is 17.8. The Balaban J connectivity index is 1.36. The first kappa shape index (κ1) is 20.3. The minimum absolute atomic E-state index is 0.139. The van der Waals surface area contributed by atoms with Crippen molar-refractivity contribution in [1.29, 1.82) is 0 Å². The molecule has 3 atom stereocenters. The lowest BCUT2D eigenvalue weighted by molar-refractivity contribution is 0.0417. The summed E-state index contributed by atoms with van der Waals surface area (Å²) < 4.78 is 39.1. The lowest BCUT2D eigenvalue weighted by atomic mass is 9.94. The molecule has 2 aliphatic carbocycles. The molecule has 0 saturated carbocycles. The van der Waals surface area contributed by atoms with Crippen molar-refractivity contribution in [1.82, 2.24) is 14.7 Å². The average Bonchev–Trinajstić information content (AvgIpc) is 3.40. The van der Waals surface area contributed by atoms with E-state index in [4.69, 9.17) is 9.88 Å². The maximum absolute atomic E-state index is 14.2. The predicted molar refractivity (Wildman–Crippen MR) is 116 cm³/mol. The Morgan fingerprint density at radius 2 is 2.06 bits per heavy atom. The summed E-state index contributed by atoms with van der Waals surface area (Å²) in [4.78, 5) is 15.8. The zero-order valence-corrected chi connectivity index (χ0v) is 18.6. The molecule has 3 heterocycles. The standard InChI is InChI=1S/C22H26FN5O3S/c23-15-8-14-7-13-3-1-4-17(13)20(18(14)9-15)21(29)26-32(24,30)19-10-25-28-11-16(12-31-22(19)28)27-5-2-6-27/h7,10,15-16H,1-6,8-9,11-12H2,(H2,24,26,29,30)/t15-,16+,32?/m1/s1. The van der Waals surface area contributed by atoms with Crippen LogP contribution in [0.1, 0.15) is 45.5 Å². The van der Waals surface area contributed by atoms with Crippen LogP contribution in [0.5, 0.6) is 5.88 Å². The molecule has 1 amide bonds. The molecular formula is C22H26FN5O3S. The van der Waals surface area contributed by atoms with Gasteiger partial charge in [0.1, 0.15) is 27.6 Å². The first-order valence-corrected chi connectivity index (χ1v) is 12.8. The molecule has 10 heteroatoms. The number of carbonyl (C=O) groups is 1. The third-order valence-electron chi connectivity index (χ3n) is 7.18. The van der Waals surface area contributed by atoms with Gasteiger partial charge in [0, 0.05) is 18.4 Å². The van der Waals surface area contributed by atoms with Crippen molar-refractivity contribution in [3.05, 3.63) is 40.1 Å². The van der Waals surface area contributed by atoms with E-state index in [1.54, 1.807) is 4.68 Å². The van der Waals surface area contributed by atoms with Crippen LogP contribution in [0.3, 0.4) is 0 Å². The van der Waals surface area contributed by atoms with Crippen LogP contribution in [0.4, 0.5) is 4.39 Å². The maximum atomic E-state index is 14.2. The van der Waals surface area contributed by atoms with Crippen LogP contribution in [0.2, 0.25) is 0 Å². The van der Waals surface area contributed by atoms with E-state index in [9.17, 15) is 13.4 Å². The summed E-state index contributed by atoms with van der Waals surface area (Å²) in [5.41, 5.74) is 3.96. The summed E-state index contributed by atoms with van der Waals surface area (Å²) in [6.07, 6.45) is 4.62. The van der Waals surface area contributed by atoms with Crippen LogP contribution < -0.4 is 9.88 Å². The second-order valence-corrected chi connectivity index (χ2v) is 11.0. The van der Waals surface area contributed by atoms with Crippen LogP contribution in [-0.2, 0) is 42.1 Å². The lowest BCUT2D eigenvalue weighted by Crippen LogP contribution is -2.51. The molecule has 1 aromatic carbocycles. The third-order valence-corrected chi connectivity index (χ3v) is 8.52. The number of amides is 1. The molecule has 2 N–H and O–H groups in total. The number of halogens is 1. The van der Waals surface area contributed by atoms with Crippen molar-refractivity contribution >= 4 is 15.8 Å². The first-order valence-electron chi connectivity index (χ1n) is 11.2. The number of hydrogen-bond donors (Lipinski definition) is 1. The highest BCUT2D eigenvalue weighted by molar-refractivity contribution is 7.91. The van der Waals surface area contributed by atoms with Crippen molar-refractivity contribution in [3.63, 3.8) is 0 Å². The Kier molecular flexibility index (Phi) is 4.67. The summed E-state index contributed by atoms with van der Waals surface area (Å²) in [5.74, 6) is -0.311. The topological polar surface area (TPSA) is 103 Å². The second kappa shape index (κ2) is 7.36. The molecule has 1 saturated heterocycles. The first-order chi connectivity index (χ1) is 15.4. The number of carbonyl (C=O) groups excluding carboxylic acids is 1. The highest BCUT2D eigenvalue weighted by atomic mass is 32.2. The molecule has 6 rings (SSSR count). The van der Waals surface area contributed by atoms with Gasteiger partial charge in [0.25, 0.3) is 5.91 Å². The molecular weight excluding hydrogens is 433 g/mol. The molecule has 0 radical (unpaired) electrons. The van der Waals surface area contributed by atoms with Gasteiger partial charge in [0.2, 0.25) is 5.88 Å². The fourth-order valence-corrected chi connectivity index (χ4v) is 6.51. The fourth-order valence-electron chi connectivity index (χ4n) is 5.46. The quantitative estimate of drug-likeness (QED) is 0.754. The Morgan fingerprint density at radius 1 is 1.22 bits per heavy atom. The van der Waals surface area contributed by atoms with E-state index in [0.717, 1.165) is 49.0 Å². The SMILES string of the molecule is NS(=O)(=NC(=O)c1c2c(cc3c1C[C@H](F)C3)CCC2)c1cnn2c1OC[C@@H](N1CCC1)C2. The van der Waals surface area contributed by atoms with Crippen LogP contribution in [-0.4, -0.2) is 56.7 Å². The van der Waals surface area contributed by atoms with Crippen molar-refractivity contribution < 1.29 is 18.1 Å². The fraction of sp³-hybridized carbons (Fsp3) is 0.545. The number of nitrogens with zero attached hydrogens (tertiary/aromatic N) is 4. The Labute approximate surface area is 186 Å². The van der Waals surface area contributed by atoms with Gasteiger partial charge in [-0.2, -0.15) is 5.10 Å².